The van der Waals surface area contributed by atoms with Crippen LogP contribution in [0, 0.1) is 0 Å². The van der Waals surface area contributed by atoms with Gasteiger partial charge in [-0.15, -0.1) is 0 Å². The van der Waals surface area contributed by atoms with Crippen LogP contribution in [0.15, 0.2) is 59.4 Å². The van der Waals surface area contributed by atoms with E-state index >= 15 is 0 Å². The van der Waals surface area contributed by atoms with Gasteiger partial charge >= 0.3 is 0 Å². The number of ether oxygens (including phenoxy) is 1. The number of rotatable bonds is 5. The van der Waals surface area contributed by atoms with Gasteiger partial charge in [-0.3, -0.25) is 4.79 Å². The Morgan fingerprint density at radius 3 is 2.43 bits per heavy atom. The molecule has 0 aliphatic heterocycles. The fraction of sp³-hybridized carbons (Fsp3) is 0.227. The molecule has 0 saturated heterocycles. The van der Waals surface area contributed by atoms with E-state index in [0.29, 0.717) is 23.3 Å². The predicted molar refractivity (Wildman–Crippen MR) is 109 cm³/mol. The normalized spacial score (nSPS) is 11.3. The van der Waals surface area contributed by atoms with Crippen LogP contribution in [-0.2, 0) is 6.42 Å². The number of methoxy groups -OCH3 is 1. The van der Waals surface area contributed by atoms with Crippen molar-refractivity contribution in [2.75, 3.05) is 7.11 Å². The summed E-state index contributed by atoms with van der Waals surface area (Å²) in [5.74, 6) is 1.52. The van der Waals surface area contributed by atoms with Gasteiger partial charge < -0.3 is 9.72 Å². The van der Waals surface area contributed by atoms with Crippen LogP contribution in [0.2, 0.25) is 0 Å². The van der Waals surface area contributed by atoms with Crippen LogP contribution in [0.4, 0.5) is 0 Å². The molecular weight excluding hydrogens is 352 g/mol. The molecule has 0 aliphatic rings. The Balaban J connectivity index is 1.85. The summed E-state index contributed by atoms with van der Waals surface area (Å²) >= 11 is 0. The Hall–Kier alpha value is -3.41. The van der Waals surface area contributed by atoms with Crippen LogP contribution in [0.3, 0.4) is 0 Å². The van der Waals surface area contributed by atoms with Gasteiger partial charge in [0.25, 0.3) is 5.56 Å². The molecular formula is C22H22N4O2. The molecule has 28 heavy (non-hydrogen) atoms. The van der Waals surface area contributed by atoms with Gasteiger partial charge in [0.15, 0.2) is 5.65 Å². The van der Waals surface area contributed by atoms with Crippen molar-refractivity contribution in [3.63, 3.8) is 0 Å². The zero-order valence-corrected chi connectivity index (χ0v) is 16.1. The molecule has 0 saturated carbocycles. The molecule has 2 aromatic carbocycles. The maximum atomic E-state index is 12.9. The standard InChI is InChI=1S/C22H22N4O2/c1-14(2)20-19-21(26(25-20)16-7-5-4-6-8-16)23-18(24-22(19)27)13-15-9-11-17(28-3)12-10-15/h4-12,14H,13H2,1-3H3,(H,23,24,27). The van der Waals surface area contributed by atoms with E-state index in [1.54, 1.807) is 11.8 Å². The largest absolute Gasteiger partial charge is 0.497 e. The third kappa shape index (κ3) is 3.29. The van der Waals surface area contributed by atoms with Gasteiger partial charge in [-0.1, -0.05) is 44.2 Å². The van der Waals surface area contributed by atoms with Crippen molar-refractivity contribution in [1.29, 1.82) is 0 Å². The number of aromatic amines is 1. The highest BCUT2D eigenvalue weighted by Crippen LogP contribution is 2.24. The van der Waals surface area contributed by atoms with Gasteiger partial charge in [0.2, 0.25) is 0 Å². The van der Waals surface area contributed by atoms with Crippen molar-refractivity contribution in [2.45, 2.75) is 26.2 Å². The fourth-order valence-corrected chi connectivity index (χ4v) is 3.27. The van der Waals surface area contributed by atoms with E-state index < -0.39 is 0 Å². The number of H-pyrrole nitrogens is 1. The van der Waals surface area contributed by atoms with Crippen molar-refractivity contribution >= 4 is 11.0 Å². The first-order chi connectivity index (χ1) is 13.6. The minimum absolute atomic E-state index is 0.114. The van der Waals surface area contributed by atoms with Crippen molar-refractivity contribution in [3.05, 3.63) is 82.0 Å². The minimum Gasteiger partial charge on any atom is -0.497 e. The van der Waals surface area contributed by atoms with Crippen LogP contribution in [0.5, 0.6) is 5.75 Å². The summed E-state index contributed by atoms with van der Waals surface area (Å²) in [6.07, 6.45) is 0.520. The van der Waals surface area contributed by atoms with E-state index in [-0.39, 0.29) is 11.5 Å². The molecule has 0 fully saturated rings. The zero-order valence-electron chi connectivity index (χ0n) is 16.1. The first kappa shape index (κ1) is 18.0. The highest BCUT2D eigenvalue weighted by Gasteiger charge is 2.19. The second kappa shape index (κ2) is 7.31. The number of para-hydroxylation sites is 1. The Labute approximate surface area is 162 Å². The summed E-state index contributed by atoms with van der Waals surface area (Å²) in [5, 5.41) is 5.26. The summed E-state index contributed by atoms with van der Waals surface area (Å²) < 4.78 is 6.96. The van der Waals surface area contributed by atoms with Crippen LogP contribution in [0.1, 0.15) is 36.8 Å². The van der Waals surface area contributed by atoms with Crippen LogP contribution < -0.4 is 10.3 Å². The Morgan fingerprint density at radius 2 is 1.79 bits per heavy atom. The smallest absolute Gasteiger partial charge is 0.262 e. The van der Waals surface area contributed by atoms with Crippen LogP contribution in [-0.4, -0.2) is 26.9 Å². The molecule has 0 amide bonds. The number of benzene rings is 2. The molecule has 0 radical (unpaired) electrons. The quantitative estimate of drug-likeness (QED) is 0.576. The molecule has 0 atom stereocenters. The molecule has 0 unspecified atom stereocenters. The first-order valence-electron chi connectivity index (χ1n) is 9.27. The van der Waals surface area contributed by atoms with Crippen molar-refractivity contribution in [2.24, 2.45) is 0 Å². The van der Waals surface area contributed by atoms with E-state index in [1.807, 2.05) is 68.4 Å². The van der Waals surface area contributed by atoms with Gasteiger partial charge in [0, 0.05) is 6.42 Å². The second-order valence-electron chi connectivity index (χ2n) is 7.02. The highest BCUT2D eigenvalue weighted by atomic mass is 16.5. The van der Waals surface area contributed by atoms with Crippen molar-refractivity contribution < 1.29 is 4.74 Å². The molecule has 4 aromatic rings. The summed E-state index contributed by atoms with van der Waals surface area (Å²) in [6, 6.07) is 17.5. The number of fused-ring (bicyclic) bond motifs is 1. The molecule has 0 aliphatic carbocycles. The van der Waals surface area contributed by atoms with E-state index in [1.165, 1.54) is 0 Å². The number of hydrogen-bond acceptors (Lipinski definition) is 4. The molecule has 2 aromatic heterocycles. The van der Waals surface area contributed by atoms with E-state index in [4.69, 9.17) is 14.8 Å². The highest BCUT2D eigenvalue weighted by molar-refractivity contribution is 5.79. The summed E-state index contributed by atoms with van der Waals surface area (Å²) in [7, 11) is 1.64. The first-order valence-corrected chi connectivity index (χ1v) is 9.27. The van der Waals surface area contributed by atoms with Crippen LogP contribution >= 0.6 is 0 Å². The maximum absolute atomic E-state index is 12.9. The lowest BCUT2D eigenvalue weighted by atomic mass is 10.1. The SMILES string of the molecule is COc1ccc(Cc2nc3c(c(C(C)C)nn3-c3ccccc3)c(=O)[nH]2)cc1. The van der Waals surface area contributed by atoms with Crippen LogP contribution in [0.25, 0.3) is 16.7 Å². The lowest BCUT2D eigenvalue weighted by molar-refractivity contribution is 0.414. The number of aromatic nitrogens is 4. The van der Waals surface area contributed by atoms with Gasteiger partial charge in [0.1, 0.15) is 17.0 Å². The lowest BCUT2D eigenvalue weighted by Crippen LogP contribution is -2.13. The third-order valence-corrected chi connectivity index (χ3v) is 4.69. The fourth-order valence-electron chi connectivity index (χ4n) is 3.27. The zero-order chi connectivity index (χ0) is 19.7. The molecule has 142 valence electrons. The maximum Gasteiger partial charge on any atom is 0.262 e. The van der Waals surface area contributed by atoms with E-state index in [2.05, 4.69) is 4.98 Å². The van der Waals surface area contributed by atoms with Crippen molar-refractivity contribution in [1.82, 2.24) is 19.7 Å². The Kier molecular flexibility index (Phi) is 4.69. The van der Waals surface area contributed by atoms with E-state index in [0.717, 1.165) is 22.7 Å². The van der Waals surface area contributed by atoms with E-state index in [9.17, 15) is 4.79 Å². The molecule has 1 N–H and O–H groups in total. The van der Waals surface area contributed by atoms with Gasteiger partial charge in [0.05, 0.1) is 18.5 Å². The minimum atomic E-state index is -0.153. The molecule has 6 nitrogen and oxygen atoms in total. The lowest BCUT2D eigenvalue weighted by Gasteiger charge is -2.05. The topological polar surface area (TPSA) is 72.8 Å². The summed E-state index contributed by atoms with van der Waals surface area (Å²) in [4.78, 5) is 20.6. The third-order valence-electron chi connectivity index (χ3n) is 4.69. The predicted octanol–water partition coefficient (Wildman–Crippen LogP) is 3.83. The van der Waals surface area contributed by atoms with Gasteiger partial charge in [-0.25, -0.2) is 9.67 Å². The van der Waals surface area contributed by atoms with Gasteiger partial charge in [-0.05, 0) is 35.7 Å². The molecule has 0 spiro atoms. The Bertz CT molecular complexity index is 1160. The average molecular weight is 374 g/mol. The number of nitrogens with one attached hydrogen (secondary N) is 1. The second-order valence-corrected chi connectivity index (χ2v) is 7.02. The molecule has 6 heteroatoms. The Morgan fingerprint density at radius 1 is 1.07 bits per heavy atom. The average Bonchev–Trinajstić information content (AvgIpc) is 3.10. The number of hydrogen-bond donors (Lipinski definition) is 1. The molecule has 4 rings (SSSR count). The summed E-state index contributed by atoms with van der Waals surface area (Å²) in [5.41, 5.74) is 3.11. The van der Waals surface area contributed by atoms with Crippen molar-refractivity contribution in [3.8, 4) is 11.4 Å². The number of nitrogens with zero attached hydrogens (tertiary/aromatic N) is 3. The monoisotopic (exact) mass is 374 g/mol. The molecule has 2 heterocycles. The summed E-state index contributed by atoms with van der Waals surface area (Å²) in [6.45, 7) is 4.06. The van der Waals surface area contributed by atoms with Gasteiger partial charge in [-0.2, -0.15) is 5.10 Å². The molecule has 0 bridgehead atoms.